The molecule has 0 bridgehead atoms. The Kier molecular flexibility index (Phi) is 5.94. The van der Waals surface area contributed by atoms with Gasteiger partial charge in [0.25, 0.3) is 11.8 Å². The first-order valence-corrected chi connectivity index (χ1v) is 10.4. The molecule has 4 rings (SSSR count). The molecular formula is C20H14ClFN2O4S2. The predicted molar refractivity (Wildman–Crippen MR) is 116 cm³/mol. The van der Waals surface area contributed by atoms with Crippen LogP contribution in [0.25, 0.3) is 6.08 Å². The van der Waals surface area contributed by atoms with Crippen LogP contribution in [0.2, 0.25) is 5.02 Å². The quantitative estimate of drug-likeness (QED) is 0.535. The minimum atomic E-state index is -0.711. The van der Waals surface area contributed by atoms with Gasteiger partial charge in [0.15, 0.2) is 11.5 Å². The molecule has 0 aliphatic carbocycles. The zero-order chi connectivity index (χ0) is 21.3. The molecule has 6 nitrogen and oxygen atoms in total. The van der Waals surface area contributed by atoms with E-state index >= 15 is 0 Å². The molecule has 2 aromatic carbocycles. The number of ether oxygens (including phenoxy) is 2. The monoisotopic (exact) mass is 464 g/mol. The number of hydrogen-bond acceptors (Lipinski definition) is 6. The third-order valence-electron chi connectivity index (χ3n) is 4.36. The Morgan fingerprint density at radius 3 is 2.87 bits per heavy atom. The fourth-order valence-corrected chi connectivity index (χ4v) is 4.36. The van der Waals surface area contributed by atoms with Gasteiger partial charge in [-0.15, -0.1) is 0 Å². The van der Waals surface area contributed by atoms with E-state index in [1.165, 1.54) is 28.8 Å². The van der Waals surface area contributed by atoms with Crippen molar-refractivity contribution in [2.45, 2.75) is 0 Å². The molecule has 30 heavy (non-hydrogen) atoms. The number of fused-ring (bicyclic) bond motifs is 1. The largest absolute Gasteiger partial charge is 0.454 e. The Morgan fingerprint density at radius 1 is 1.27 bits per heavy atom. The molecule has 1 fully saturated rings. The van der Waals surface area contributed by atoms with Gasteiger partial charge in [0.05, 0.1) is 10.5 Å². The molecule has 2 aliphatic heterocycles. The minimum absolute atomic E-state index is 0.116. The lowest BCUT2D eigenvalue weighted by molar-refractivity contribution is -0.122. The van der Waals surface area contributed by atoms with Crippen LogP contribution in [-0.2, 0) is 4.79 Å². The molecule has 0 radical (unpaired) electrons. The third kappa shape index (κ3) is 4.28. The van der Waals surface area contributed by atoms with E-state index in [0.29, 0.717) is 20.7 Å². The summed E-state index contributed by atoms with van der Waals surface area (Å²) in [7, 11) is 0. The van der Waals surface area contributed by atoms with Gasteiger partial charge in [0.2, 0.25) is 6.79 Å². The molecule has 0 unspecified atom stereocenters. The fourth-order valence-electron chi connectivity index (χ4n) is 2.90. The van der Waals surface area contributed by atoms with Gasteiger partial charge in [-0.2, -0.15) is 0 Å². The molecule has 2 amide bonds. The van der Waals surface area contributed by atoms with E-state index in [-0.39, 0.29) is 36.4 Å². The smallest absolute Gasteiger partial charge is 0.266 e. The predicted octanol–water partition coefficient (Wildman–Crippen LogP) is 3.84. The fraction of sp³-hybridized carbons (Fsp3) is 0.150. The first-order valence-electron chi connectivity index (χ1n) is 8.80. The highest BCUT2D eigenvalue weighted by Crippen LogP contribution is 2.36. The molecule has 1 N–H and O–H groups in total. The topological polar surface area (TPSA) is 67.9 Å². The Hall–Kier alpha value is -2.62. The summed E-state index contributed by atoms with van der Waals surface area (Å²) in [4.78, 5) is 26.7. The van der Waals surface area contributed by atoms with Crippen molar-refractivity contribution >= 4 is 57.8 Å². The summed E-state index contributed by atoms with van der Waals surface area (Å²) in [5.74, 6) is -0.277. The summed E-state index contributed by atoms with van der Waals surface area (Å²) in [5.41, 5.74) is 0.666. The van der Waals surface area contributed by atoms with Gasteiger partial charge in [-0.1, -0.05) is 41.6 Å². The first kappa shape index (κ1) is 20.6. The number of hydrogen-bond donors (Lipinski definition) is 1. The normalized spacial score (nSPS) is 16.5. The number of thiocarbonyl (C=S) groups is 1. The number of amides is 2. The molecule has 0 saturated carbocycles. The average molecular weight is 465 g/mol. The molecule has 2 heterocycles. The van der Waals surface area contributed by atoms with Gasteiger partial charge in [0, 0.05) is 18.1 Å². The number of carbonyl (C=O) groups excluding carboxylic acids is 2. The molecule has 2 aromatic rings. The third-order valence-corrected chi connectivity index (χ3v) is 5.98. The number of nitrogens with zero attached hydrogens (tertiary/aromatic N) is 1. The van der Waals surface area contributed by atoms with Crippen molar-refractivity contribution in [3.05, 3.63) is 63.3 Å². The molecule has 0 spiro atoms. The minimum Gasteiger partial charge on any atom is -0.454 e. The van der Waals surface area contributed by atoms with Crippen molar-refractivity contribution in [2.24, 2.45) is 0 Å². The van der Waals surface area contributed by atoms with Crippen LogP contribution in [0.15, 0.2) is 41.3 Å². The van der Waals surface area contributed by atoms with E-state index in [0.717, 1.165) is 11.6 Å². The summed E-state index contributed by atoms with van der Waals surface area (Å²) in [6.45, 7) is 0.460. The number of rotatable bonds is 5. The second-order valence-electron chi connectivity index (χ2n) is 6.33. The second kappa shape index (κ2) is 8.63. The SMILES string of the molecule is O=C(NCCN1C(=O)/C(=C\c2ccc3c(c2)OCO3)SC1=S)c1ccc(Cl)cc1F. The second-order valence-corrected chi connectivity index (χ2v) is 8.44. The average Bonchev–Trinajstić information content (AvgIpc) is 3.27. The Bertz CT molecular complexity index is 1090. The highest BCUT2D eigenvalue weighted by Gasteiger charge is 2.32. The first-order chi connectivity index (χ1) is 14.4. The maximum Gasteiger partial charge on any atom is 0.266 e. The van der Waals surface area contributed by atoms with Crippen LogP contribution in [0.3, 0.4) is 0 Å². The lowest BCUT2D eigenvalue weighted by atomic mass is 10.2. The van der Waals surface area contributed by atoms with Crippen LogP contribution >= 0.6 is 35.6 Å². The van der Waals surface area contributed by atoms with Gasteiger partial charge in [-0.25, -0.2) is 4.39 Å². The highest BCUT2D eigenvalue weighted by molar-refractivity contribution is 8.26. The lowest BCUT2D eigenvalue weighted by Crippen LogP contribution is -2.37. The van der Waals surface area contributed by atoms with Crippen LogP contribution < -0.4 is 14.8 Å². The van der Waals surface area contributed by atoms with Crippen molar-refractivity contribution in [3.8, 4) is 11.5 Å². The summed E-state index contributed by atoms with van der Waals surface area (Å²) >= 11 is 12.2. The van der Waals surface area contributed by atoms with E-state index in [2.05, 4.69) is 5.32 Å². The van der Waals surface area contributed by atoms with Gasteiger partial charge < -0.3 is 14.8 Å². The number of thioether (sulfide) groups is 1. The summed E-state index contributed by atoms with van der Waals surface area (Å²) in [5, 5.41) is 2.79. The maximum absolute atomic E-state index is 13.8. The molecule has 1 saturated heterocycles. The molecule has 0 atom stereocenters. The van der Waals surface area contributed by atoms with Crippen molar-refractivity contribution < 1.29 is 23.5 Å². The van der Waals surface area contributed by atoms with Crippen LogP contribution in [-0.4, -0.2) is 40.9 Å². The Labute approximate surface area is 186 Å². The Morgan fingerprint density at radius 2 is 2.07 bits per heavy atom. The van der Waals surface area contributed by atoms with Crippen molar-refractivity contribution in [3.63, 3.8) is 0 Å². The van der Waals surface area contributed by atoms with E-state index < -0.39 is 11.7 Å². The van der Waals surface area contributed by atoms with Crippen LogP contribution in [0.4, 0.5) is 4.39 Å². The van der Waals surface area contributed by atoms with E-state index in [4.69, 9.17) is 33.3 Å². The van der Waals surface area contributed by atoms with Gasteiger partial charge in [-0.3, -0.25) is 14.5 Å². The van der Waals surface area contributed by atoms with Crippen LogP contribution in [0.5, 0.6) is 11.5 Å². The van der Waals surface area contributed by atoms with Gasteiger partial charge in [0.1, 0.15) is 10.1 Å². The molecule has 154 valence electrons. The zero-order valence-corrected chi connectivity index (χ0v) is 17.7. The number of benzene rings is 2. The molecular weight excluding hydrogens is 451 g/mol. The number of halogens is 2. The van der Waals surface area contributed by atoms with Crippen molar-refractivity contribution in [1.82, 2.24) is 10.2 Å². The summed E-state index contributed by atoms with van der Waals surface area (Å²) in [6.07, 6.45) is 1.73. The van der Waals surface area contributed by atoms with Crippen LogP contribution in [0.1, 0.15) is 15.9 Å². The number of carbonyl (C=O) groups is 2. The zero-order valence-electron chi connectivity index (χ0n) is 15.3. The van der Waals surface area contributed by atoms with Crippen LogP contribution in [0, 0.1) is 5.82 Å². The molecule has 2 aliphatic rings. The Balaban J connectivity index is 1.38. The molecule has 10 heteroatoms. The summed E-state index contributed by atoms with van der Waals surface area (Å²) < 4.78 is 24.8. The lowest BCUT2D eigenvalue weighted by Gasteiger charge is -2.15. The standard InChI is InChI=1S/C20H14ClFN2O4S2/c21-12-2-3-13(14(22)9-12)18(25)23-5-6-24-19(26)17(30-20(24)29)8-11-1-4-15-16(7-11)28-10-27-15/h1-4,7-9H,5-6,10H2,(H,23,25)/b17-8+. The van der Waals surface area contributed by atoms with E-state index in [1.807, 2.05) is 6.07 Å². The van der Waals surface area contributed by atoms with Crippen molar-refractivity contribution in [2.75, 3.05) is 19.9 Å². The van der Waals surface area contributed by atoms with Crippen molar-refractivity contribution in [1.29, 1.82) is 0 Å². The van der Waals surface area contributed by atoms with Gasteiger partial charge >= 0.3 is 0 Å². The maximum atomic E-state index is 13.8. The molecule has 0 aromatic heterocycles. The van der Waals surface area contributed by atoms with E-state index in [1.54, 1.807) is 18.2 Å². The van der Waals surface area contributed by atoms with Gasteiger partial charge in [-0.05, 0) is 42.0 Å². The van der Waals surface area contributed by atoms with E-state index in [9.17, 15) is 14.0 Å². The highest BCUT2D eigenvalue weighted by atomic mass is 35.5. The number of nitrogens with one attached hydrogen (secondary N) is 1. The summed E-state index contributed by atoms with van der Waals surface area (Å²) in [6, 6.07) is 9.19.